The number of hydrogen-bond acceptors (Lipinski definition) is 6. The standard InChI is InChI=1S/C7H14N4OS/c1-6(12)4-8-2-3-9-7-11-10-5-13-7/h5-6,8,12H,2-4H2,1H3,(H,9,11). The Labute approximate surface area is 81.2 Å². The highest BCUT2D eigenvalue weighted by molar-refractivity contribution is 7.13. The summed E-state index contributed by atoms with van der Waals surface area (Å²) in [5, 5.41) is 23.5. The van der Waals surface area contributed by atoms with Crippen molar-refractivity contribution in [2.24, 2.45) is 0 Å². The van der Waals surface area contributed by atoms with Gasteiger partial charge in [0.1, 0.15) is 5.51 Å². The van der Waals surface area contributed by atoms with Gasteiger partial charge in [0.2, 0.25) is 5.13 Å². The first kappa shape index (κ1) is 10.4. The molecule has 0 aliphatic heterocycles. The van der Waals surface area contributed by atoms with Crippen LogP contribution in [0.2, 0.25) is 0 Å². The van der Waals surface area contributed by atoms with Gasteiger partial charge in [-0.25, -0.2) is 0 Å². The predicted molar refractivity (Wildman–Crippen MR) is 52.9 cm³/mol. The Hall–Kier alpha value is -0.720. The smallest absolute Gasteiger partial charge is 0.205 e. The minimum atomic E-state index is -0.290. The van der Waals surface area contributed by atoms with E-state index in [0.29, 0.717) is 6.54 Å². The van der Waals surface area contributed by atoms with Crippen LogP contribution in [0.25, 0.3) is 0 Å². The molecule has 0 saturated carbocycles. The van der Waals surface area contributed by atoms with Gasteiger partial charge in [-0.3, -0.25) is 0 Å². The highest BCUT2D eigenvalue weighted by Gasteiger charge is 1.95. The lowest BCUT2D eigenvalue weighted by Crippen LogP contribution is -2.28. The van der Waals surface area contributed by atoms with E-state index in [9.17, 15) is 0 Å². The summed E-state index contributed by atoms with van der Waals surface area (Å²) in [6.45, 7) is 3.98. The molecule has 5 nitrogen and oxygen atoms in total. The Morgan fingerprint density at radius 3 is 3.08 bits per heavy atom. The van der Waals surface area contributed by atoms with Gasteiger partial charge in [0, 0.05) is 19.6 Å². The summed E-state index contributed by atoms with van der Waals surface area (Å²) in [6.07, 6.45) is -0.290. The third-order valence-electron chi connectivity index (χ3n) is 1.38. The van der Waals surface area contributed by atoms with E-state index < -0.39 is 0 Å². The van der Waals surface area contributed by atoms with Crippen molar-refractivity contribution in [2.45, 2.75) is 13.0 Å². The van der Waals surface area contributed by atoms with Gasteiger partial charge in [-0.2, -0.15) is 0 Å². The molecule has 3 N–H and O–H groups in total. The summed E-state index contributed by atoms with van der Waals surface area (Å²) in [6, 6.07) is 0. The number of anilines is 1. The van der Waals surface area contributed by atoms with Crippen LogP contribution >= 0.6 is 11.3 Å². The van der Waals surface area contributed by atoms with Gasteiger partial charge in [0.15, 0.2) is 0 Å². The Bertz CT molecular complexity index is 214. The zero-order valence-electron chi connectivity index (χ0n) is 7.53. The van der Waals surface area contributed by atoms with Crippen molar-refractivity contribution < 1.29 is 5.11 Å². The van der Waals surface area contributed by atoms with Gasteiger partial charge in [-0.05, 0) is 6.92 Å². The molecule has 1 aromatic heterocycles. The largest absolute Gasteiger partial charge is 0.392 e. The molecule has 1 atom stereocenters. The van der Waals surface area contributed by atoms with E-state index in [1.807, 2.05) is 0 Å². The van der Waals surface area contributed by atoms with E-state index in [1.54, 1.807) is 12.4 Å². The molecule has 0 bridgehead atoms. The summed E-state index contributed by atoms with van der Waals surface area (Å²) in [5.41, 5.74) is 1.69. The van der Waals surface area contributed by atoms with Crippen LogP contribution in [0.3, 0.4) is 0 Å². The lowest BCUT2D eigenvalue weighted by molar-refractivity contribution is 0.192. The van der Waals surface area contributed by atoms with Gasteiger partial charge < -0.3 is 15.7 Å². The second kappa shape index (κ2) is 5.85. The zero-order valence-corrected chi connectivity index (χ0v) is 8.34. The normalized spacial score (nSPS) is 12.8. The minimum Gasteiger partial charge on any atom is -0.392 e. The van der Waals surface area contributed by atoms with Gasteiger partial charge in [0.25, 0.3) is 0 Å². The highest BCUT2D eigenvalue weighted by Crippen LogP contribution is 2.06. The molecule has 0 fully saturated rings. The third-order valence-corrected chi connectivity index (χ3v) is 2.03. The maximum absolute atomic E-state index is 8.93. The van der Waals surface area contributed by atoms with Crippen LogP contribution in [-0.2, 0) is 0 Å². The van der Waals surface area contributed by atoms with E-state index in [1.165, 1.54) is 11.3 Å². The lowest BCUT2D eigenvalue weighted by atomic mass is 10.4. The summed E-state index contributed by atoms with van der Waals surface area (Å²) in [5.74, 6) is 0. The predicted octanol–water partition coefficient (Wildman–Crippen LogP) is -0.0796. The summed E-state index contributed by atoms with van der Waals surface area (Å²) in [4.78, 5) is 0. The van der Waals surface area contributed by atoms with E-state index in [2.05, 4.69) is 20.8 Å². The number of aliphatic hydroxyl groups is 1. The fraction of sp³-hybridized carbons (Fsp3) is 0.714. The van der Waals surface area contributed by atoms with E-state index in [4.69, 9.17) is 5.11 Å². The van der Waals surface area contributed by atoms with E-state index in [-0.39, 0.29) is 6.10 Å². The van der Waals surface area contributed by atoms with Crippen molar-refractivity contribution >= 4 is 16.5 Å². The first-order valence-corrected chi connectivity index (χ1v) is 5.06. The molecule has 0 aliphatic rings. The highest BCUT2D eigenvalue weighted by atomic mass is 32.1. The van der Waals surface area contributed by atoms with Crippen molar-refractivity contribution in [1.82, 2.24) is 15.5 Å². The molecule has 0 amide bonds. The molecule has 74 valence electrons. The van der Waals surface area contributed by atoms with Gasteiger partial charge in [-0.1, -0.05) is 11.3 Å². The molecular formula is C7H14N4OS. The van der Waals surface area contributed by atoms with Gasteiger partial charge in [-0.15, -0.1) is 10.2 Å². The zero-order chi connectivity index (χ0) is 9.52. The lowest BCUT2D eigenvalue weighted by Gasteiger charge is -2.06. The molecule has 0 aliphatic carbocycles. The molecular weight excluding hydrogens is 188 g/mol. The van der Waals surface area contributed by atoms with Crippen molar-refractivity contribution in [1.29, 1.82) is 0 Å². The number of aromatic nitrogens is 2. The fourth-order valence-electron chi connectivity index (χ4n) is 0.819. The van der Waals surface area contributed by atoms with E-state index >= 15 is 0 Å². The quantitative estimate of drug-likeness (QED) is 0.563. The number of aliphatic hydroxyl groups excluding tert-OH is 1. The molecule has 13 heavy (non-hydrogen) atoms. The Kier molecular flexibility index (Phi) is 4.66. The second-order valence-corrected chi connectivity index (χ2v) is 3.56. The monoisotopic (exact) mass is 202 g/mol. The van der Waals surface area contributed by atoms with Gasteiger partial charge >= 0.3 is 0 Å². The summed E-state index contributed by atoms with van der Waals surface area (Å²) < 4.78 is 0. The van der Waals surface area contributed by atoms with Gasteiger partial charge in [0.05, 0.1) is 6.10 Å². The molecule has 1 aromatic rings. The van der Waals surface area contributed by atoms with Crippen LogP contribution in [0.1, 0.15) is 6.92 Å². The van der Waals surface area contributed by atoms with Crippen LogP contribution in [0, 0.1) is 0 Å². The minimum absolute atomic E-state index is 0.290. The Morgan fingerprint density at radius 1 is 1.62 bits per heavy atom. The third kappa shape index (κ3) is 4.76. The van der Waals surface area contributed by atoms with E-state index in [0.717, 1.165) is 18.2 Å². The van der Waals surface area contributed by atoms with Crippen molar-refractivity contribution in [3.63, 3.8) is 0 Å². The topological polar surface area (TPSA) is 70.1 Å². The SMILES string of the molecule is CC(O)CNCCNc1nncs1. The van der Waals surface area contributed by atoms with Crippen molar-refractivity contribution in [3.05, 3.63) is 5.51 Å². The molecule has 1 rings (SSSR count). The molecule has 6 heteroatoms. The second-order valence-electron chi connectivity index (χ2n) is 2.72. The van der Waals surface area contributed by atoms with Crippen LogP contribution in [0.15, 0.2) is 5.51 Å². The first-order chi connectivity index (χ1) is 6.29. The molecule has 1 heterocycles. The number of nitrogens with zero attached hydrogens (tertiary/aromatic N) is 2. The van der Waals surface area contributed by atoms with Crippen LogP contribution in [0.4, 0.5) is 5.13 Å². The Balaban J connectivity index is 1.96. The summed E-state index contributed by atoms with van der Waals surface area (Å²) >= 11 is 1.48. The average Bonchev–Trinajstić information content (AvgIpc) is 2.55. The molecule has 1 unspecified atom stereocenters. The molecule has 0 saturated heterocycles. The molecule has 0 radical (unpaired) electrons. The van der Waals surface area contributed by atoms with Crippen LogP contribution < -0.4 is 10.6 Å². The molecule has 0 aromatic carbocycles. The number of hydrogen-bond donors (Lipinski definition) is 3. The average molecular weight is 202 g/mol. The fourth-order valence-corrected chi connectivity index (χ4v) is 1.29. The van der Waals surface area contributed by atoms with Crippen LogP contribution in [-0.4, -0.2) is 41.0 Å². The van der Waals surface area contributed by atoms with Crippen molar-refractivity contribution in [2.75, 3.05) is 25.0 Å². The molecule has 0 spiro atoms. The maximum Gasteiger partial charge on any atom is 0.205 e. The first-order valence-electron chi connectivity index (χ1n) is 4.18. The maximum atomic E-state index is 8.93. The van der Waals surface area contributed by atoms with Crippen molar-refractivity contribution in [3.8, 4) is 0 Å². The Morgan fingerprint density at radius 2 is 2.46 bits per heavy atom. The number of rotatable bonds is 6. The number of nitrogens with one attached hydrogen (secondary N) is 2. The summed E-state index contributed by atoms with van der Waals surface area (Å²) in [7, 11) is 0. The van der Waals surface area contributed by atoms with Crippen LogP contribution in [0.5, 0.6) is 0 Å².